The van der Waals surface area contributed by atoms with Crippen molar-refractivity contribution in [2.45, 2.75) is 26.9 Å². The first kappa shape index (κ1) is 14.6. The fourth-order valence-corrected chi connectivity index (χ4v) is 2.32. The highest BCUT2D eigenvalue weighted by molar-refractivity contribution is 5.36. The number of hydrogen-bond donors (Lipinski definition) is 1. The summed E-state index contributed by atoms with van der Waals surface area (Å²) in [5.74, 6) is 0.971. The van der Waals surface area contributed by atoms with Gasteiger partial charge in [0.2, 0.25) is 0 Å². The maximum absolute atomic E-state index is 5.98. The second-order valence-corrected chi connectivity index (χ2v) is 5.18. The van der Waals surface area contributed by atoms with Crippen molar-refractivity contribution in [3.05, 3.63) is 64.7 Å². The van der Waals surface area contributed by atoms with Gasteiger partial charge < -0.3 is 10.1 Å². The third kappa shape index (κ3) is 3.84. The second kappa shape index (κ2) is 7.11. The maximum atomic E-state index is 5.98. The maximum Gasteiger partial charge on any atom is 0.122 e. The highest BCUT2D eigenvalue weighted by Crippen LogP contribution is 2.21. The summed E-state index contributed by atoms with van der Waals surface area (Å²) in [5.41, 5.74) is 5.08. The van der Waals surface area contributed by atoms with Crippen LogP contribution in [0.2, 0.25) is 0 Å². The van der Waals surface area contributed by atoms with E-state index in [1.807, 2.05) is 7.05 Å². The van der Waals surface area contributed by atoms with Crippen LogP contribution in [0.5, 0.6) is 5.75 Å². The highest BCUT2D eigenvalue weighted by atomic mass is 16.5. The zero-order chi connectivity index (χ0) is 14.4. The van der Waals surface area contributed by atoms with Crippen LogP contribution in [0.15, 0.2) is 42.5 Å². The van der Waals surface area contributed by atoms with Crippen molar-refractivity contribution < 1.29 is 4.74 Å². The fraction of sp³-hybridized carbons (Fsp3) is 0.333. The molecule has 0 unspecified atom stereocenters. The van der Waals surface area contributed by atoms with Crippen LogP contribution in [0, 0.1) is 13.8 Å². The molecule has 0 saturated carbocycles. The zero-order valence-electron chi connectivity index (χ0n) is 12.6. The molecule has 0 atom stereocenters. The van der Waals surface area contributed by atoms with Gasteiger partial charge in [-0.05, 0) is 56.6 Å². The Labute approximate surface area is 121 Å². The van der Waals surface area contributed by atoms with Gasteiger partial charge in [0.1, 0.15) is 12.4 Å². The van der Waals surface area contributed by atoms with Crippen molar-refractivity contribution in [3.63, 3.8) is 0 Å². The van der Waals surface area contributed by atoms with Gasteiger partial charge in [-0.2, -0.15) is 0 Å². The minimum atomic E-state index is 0.629. The molecule has 2 rings (SSSR count). The molecule has 0 heterocycles. The standard InChI is InChI=1S/C18H23NO/c1-14-8-9-18(15(2)12-14)20-13-17-7-5-4-6-16(17)10-11-19-3/h4-9,12,19H,10-11,13H2,1-3H3. The molecule has 1 N–H and O–H groups in total. The van der Waals surface area contributed by atoms with E-state index in [-0.39, 0.29) is 0 Å². The summed E-state index contributed by atoms with van der Waals surface area (Å²) in [4.78, 5) is 0. The smallest absolute Gasteiger partial charge is 0.122 e. The normalized spacial score (nSPS) is 10.6. The van der Waals surface area contributed by atoms with Crippen molar-refractivity contribution in [1.29, 1.82) is 0 Å². The Bertz CT molecular complexity index is 563. The predicted molar refractivity (Wildman–Crippen MR) is 84.3 cm³/mol. The van der Waals surface area contributed by atoms with Crippen LogP contribution < -0.4 is 10.1 Å². The third-order valence-corrected chi connectivity index (χ3v) is 3.48. The minimum absolute atomic E-state index is 0.629. The Morgan fingerprint density at radius 2 is 1.75 bits per heavy atom. The molecule has 0 aromatic heterocycles. The van der Waals surface area contributed by atoms with E-state index in [1.165, 1.54) is 22.3 Å². The van der Waals surface area contributed by atoms with E-state index in [2.05, 4.69) is 61.6 Å². The second-order valence-electron chi connectivity index (χ2n) is 5.18. The lowest BCUT2D eigenvalue weighted by molar-refractivity contribution is 0.303. The summed E-state index contributed by atoms with van der Waals surface area (Å²) in [5, 5.41) is 3.19. The quantitative estimate of drug-likeness (QED) is 0.864. The van der Waals surface area contributed by atoms with Gasteiger partial charge in [-0.3, -0.25) is 0 Å². The molecule has 0 fully saturated rings. The van der Waals surface area contributed by atoms with Gasteiger partial charge in [-0.15, -0.1) is 0 Å². The number of hydrogen-bond acceptors (Lipinski definition) is 2. The van der Waals surface area contributed by atoms with Crippen molar-refractivity contribution in [2.75, 3.05) is 13.6 Å². The summed E-state index contributed by atoms with van der Waals surface area (Å²) in [7, 11) is 1.98. The van der Waals surface area contributed by atoms with E-state index in [0.29, 0.717) is 6.61 Å². The van der Waals surface area contributed by atoms with Crippen molar-refractivity contribution in [3.8, 4) is 5.75 Å². The zero-order valence-corrected chi connectivity index (χ0v) is 12.6. The lowest BCUT2D eigenvalue weighted by Crippen LogP contribution is -2.12. The number of aryl methyl sites for hydroxylation is 2. The first-order chi connectivity index (χ1) is 9.70. The molecule has 0 aliphatic rings. The van der Waals surface area contributed by atoms with Crippen molar-refractivity contribution in [1.82, 2.24) is 5.32 Å². The minimum Gasteiger partial charge on any atom is -0.489 e. The number of likely N-dealkylation sites (N-methyl/N-ethyl adjacent to an activating group) is 1. The van der Waals surface area contributed by atoms with Gasteiger partial charge in [-0.1, -0.05) is 42.0 Å². The molecule has 2 nitrogen and oxygen atoms in total. The molecule has 0 aliphatic carbocycles. The van der Waals surface area contributed by atoms with Gasteiger partial charge in [0.15, 0.2) is 0 Å². The Morgan fingerprint density at radius 3 is 2.45 bits per heavy atom. The van der Waals surface area contributed by atoms with Crippen LogP contribution >= 0.6 is 0 Å². The van der Waals surface area contributed by atoms with Gasteiger partial charge in [0.25, 0.3) is 0 Å². The molecule has 0 amide bonds. The largest absolute Gasteiger partial charge is 0.489 e. The van der Waals surface area contributed by atoms with Gasteiger partial charge >= 0.3 is 0 Å². The SMILES string of the molecule is CNCCc1ccccc1COc1ccc(C)cc1C. The monoisotopic (exact) mass is 269 g/mol. The highest BCUT2D eigenvalue weighted by Gasteiger charge is 2.04. The van der Waals surface area contributed by atoms with Crippen LogP contribution in [0.4, 0.5) is 0 Å². The lowest BCUT2D eigenvalue weighted by atomic mass is 10.1. The molecule has 20 heavy (non-hydrogen) atoms. The topological polar surface area (TPSA) is 21.3 Å². The van der Waals surface area contributed by atoms with Gasteiger partial charge in [0, 0.05) is 0 Å². The van der Waals surface area contributed by atoms with E-state index < -0.39 is 0 Å². The average Bonchev–Trinajstić information content (AvgIpc) is 2.45. The summed E-state index contributed by atoms with van der Waals surface area (Å²) in [6, 6.07) is 14.8. The Balaban J connectivity index is 2.06. The lowest BCUT2D eigenvalue weighted by Gasteiger charge is -2.13. The van der Waals surface area contributed by atoms with Crippen molar-refractivity contribution >= 4 is 0 Å². The molecule has 2 heteroatoms. The van der Waals surface area contributed by atoms with E-state index in [9.17, 15) is 0 Å². The first-order valence-electron chi connectivity index (χ1n) is 7.12. The van der Waals surface area contributed by atoms with E-state index >= 15 is 0 Å². The van der Waals surface area contributed by atoms with Crippen LogP contribution in [0.3, 0.4) is 0 Å². The molecular formula is C18H23NO. The Kier molecular flexibility index (Phi) is 5.19. The van der Waals surface area contributed by atoms with E-state index in [0.717, 1.165) is 18.7 Å². The molecule has 2 aromatic rings. The first-order valence-corrected chi connectivity index (χ1v) is 7.12. The number of benzene rings is 2. The van der Waals surface area contributed by atoms with Crippen molar-refractivity contribution in [2.24, 2.45) is 0 Å². The summed E-state index contributed by atoms with van der Waals surface area (Å²) in [6.45, 7) is 5.81. The van der Waals surface area contributed by atoms with E-state index in [1.54, 1.807) is 0 Å². The average molecular weight is 269 g/mol. The van der Waals surface area contributed by atoms with Crippen LogP contribution in [0.25, 0.3) is 0 Å². The summed E-state index contributed by atoms with van der Waals surface area (Å²) in [6.07, 6.45) is 1.03. The molecule has 0 bridgehead atoms. The fourth-order valence-electron chi connectivity index (χ4n) is 2.32. The number of ether oxygens (including phenoxy) is 1. The summed E-state index contributed by atoms with van der Waals surface area (Å²) >= 11 is 0. The van der Waals surface area contributed by atoms with E-state index in [4.69, 9.17) is 4.74 Å². The Morgan fingerprint density at radius 1 is 1.00 bits per heavy atom. The number of rotatable bonds is 6. The summed E-state index contributed by atoms with van der Waals surface area (Å²) < 4.78 is 5.98. The van der Waals surface area contributed by atoms with Gasteiger partial charge in [0.05, 0.1) is 0 Å². The predicted octanol–water partition coefficient (Wildman–Crippen LogP) is 3.64. The van der Waals surface area contributed by atoms with Crippen LogP contribution in [0.1, 0.15) is 22.3 Å². The Hall–Kier alpha value is -1.80. The third-order valence-electron chi connectivity index (χ3n) is 3.48. The van der Waals surface area contributed by atoms with Crippen LogP contribution in [-0.4, -0.2) is 13.6 Å². The molecule has 0 saturated heterocycles. The molecule has 2 aromatic carbocycles. The molecule has 0 spiro atoms. The number of nitrogens with one attached hydrogen (secondary N) is 1. The molecule has 106 valence electrons. The molecule has 0 radical (unpaired) electrons. The molecule has 0 aliphatic heterocycles. The van der Waals surface area contributed by atoms with Gasteiger partial charge in [-0.25, -0.2) is 0 Å². The van der Waals surface area contributed by atoms with Crippen LogP contribution in [-0.2, 0) is 13.0 Å². The molecular weight excluding hydrogens is 246 g/mol.